The van der Waals surface area contributed by atoms with Gasteiger partial charge in [-0.3, -0.25) is 14.2 Å². The van der Waals surface area contributed by atoms with E-state index < -0.39 is 0 Å². The Hall–Kier alpha value is -3.87. The van der Waals surface area contributed by atoms with Crippen LogP contribution in [0, 0.1) is 0 Å². The molecule has 154 valence electrons. The molecule has 0 saturated carbocycles. The Labute approximate surface area is 179 Å². The Morgan fingerprint density at radius 3 is 2.68 bits per heavy atom. The molecule has 0 fully saturated rings. The van der Waals surface area contributed by atoms with Crippen molar-refractivity contribution in [2.45, 2.75) is 19.9 Å². The van der Waals surface area contributed by atoms with Crippen LogP contribution in [0.4, 0.5) is 5.95 Å². The first-order valence-corrected chi connectivity index (χ1v) is 10.3. The third-order valence-corrected chi connectivity index (χ3v) is 5.70. The SMILES string of the molecule is CCc1c(-c2ccncn2)nc2n(c1=O)CCN2CC(=O)c1ccc2ccccc2c1. The number of anilines is 1. The van der Waals surface area contributed by atoms with Crippen molar-refractivity contribution in [3.63, 3.8) is 0 Å². The molecular formula is C24H21N5O2. The summed E-state index contributed by atoms with van der Waals surface area (Å²) in [4.78, 5) is 41.0. The number of benzene rings is 2. The molecule has 0 spiro atoms. The Balaban J connectivity index is 1.50. The zero-order chi connectivity index (χ0) is 21.4. The summed E-state index contributed by atoms with van der Waals surface area (Å²) in [7, 11) is 0. The fourth-order valence-corrected chi connectivity index (χ4v) is 4.09. The van der Waals surface area contributed by atoms with Crippen LogP contribution in [0.3, 0.4) is 0 Å². The molecule has 31 heavy (non-hydrogen) atoms. The highest BCUT2D eigenvalue weighted by molar-refractivity contribution is 6.02. The van der Waals surface area contributed by atoms with Crippen molar-refractivity contribution in [3.8, 4) is 11.4 Å². The van der Waals surface area contributed by atoms with Crippen molar-refractivity contribution in [1.82, 2.24) is 19.5 Å². The number of fused-ring (bicyclic) bond motifs is 2. The molecule has 0 unspecified atom stereocenters. The van der Waals surface area contributed by atoms with E-state index in [-0.39, 0.29) is 17.9 Å². The molecule has 0 amide bonds. The van der Waals surface area contributed by atoms with Gasteiger partial charge in [-0.2, -0.15) is 0 Å². The van der Waals surface area contributed by atoms with Gasteiger partial charge in [-0.1, -0.05) is 43.3 Å². The van der Waals surface area contributed by atoms with Gasteiger partial charge in [0.05, 0.1) is 12.2 Å². The number of nitrogens with zero attached hydrogens (tertiary/aromatic N) is 5. The van der Waals surface area contributed by atoms with Gasteiger partial charge in [0.2, 0.25) is 5.95 Å². The summed E-state index contributed by atoms with van der Waals surface area (Å²) in [6.45, 7) is 3.19. The highest BCUT2D eigenvalue weighted by atomic mass is 16.1. The number of hydrogen-bond acceptors (Lipinski definition) is 6. The Bertz CT molecular complexity index is 1350. The van der Waals surface area contributed by atoms with E-state index in [1.54, 1.807) is 16.8 Å². The van der Waals surface area contributed by atoms with Crippen molar-refractivity contribution in [1.29, 1.82) is 0 Å². The van der Waals surface area contributed by atoms with Crippen molar-refractivity contribution >= 4 is 22.5 Å². The van der Waals surface area contributed by atoms with E-state index in [0.717, 1.165) is 10.8 Å². The van der Waals surface area contributed by atoms with Gasteiger partial charge in [-0.05, 0) is 29.3 Å². The number of carbonyl (C=O) groups excluding carboxylic acids is 1. The Morgan fingerprint density at radius 2 is 1.90 bits per heavy atom. The summed E-state index contributed by atoms with van der Waals surface area (Å²) < 4.78 is 1.66. The van der Waals surface area contributed by atoms with Gasteiger partial charge in [-0.25, -0.2) is 15.0 Å². The molecule has 2 aromatic carbocycles. The van der Waals surface area contributed by atoms with Gasteiger partial charge < -0.3 is 4.90 Å². The highest BCUT2D eigenvalue weighted by Gasteiger charge is 2.27. The molecule has 0 atom stereocenters. The van der Waals surface area contributed by atoms with Crippen LogP contribution in [-0.2, 0) is 13.0 Å². The number of Topliss-reactive ketones (excluding diaryl/α,β-unsaturated/α-hetero) is 1. The molecule has 1 aliphatic heterocycles. The van der Waals surface area contributed by atoms with Crippen LogP contribution < -0.4 is 10.5 Å². The number of hydrogen-bond donors (Lipinski definition) is 0. The third-order valence-electron chi connectivity index (χ3n) is 5.70. The van der Waals surface area contributed by atoms with E-state index in [0.29, 0.717) is 48.0 Å². The lowest BCUT2D eigenvalue weighted by Crippen LogP contribution is -2.30. The average Bonchev–Trinajstić information content (AvgIpc) is 3.22. The fourth-order valence-electron chi connectivity index (χ4n) is 4.09. The normalized spacial score (nSPS) is 12.9. The van der Waals surface area contributed by atoms with Crippen LogP contribution in [0.15, 0.2) is 65.8 Å². The van der Waals surface area contributed by atoms with E-state index in [2.05, 4.69) is 9.97 Å². The Kier molecular flexibility index (Phi) is 4.78. The quantitative estimate of drug-likeness (QED) is 0.470. The number of ketones is 1. The maximum atomic E-state index is 13.1. The predicted molar refractivity (Wildman–Crippen MR) is 119 cm³/mol. The molecule has 3 heterocycles. The maximum Gasteiger partial charge on any atom is 0.258 e. The lowest BCUT2D eigenvalue weighted by Gasteiger charge is -2.18. The van der Waals surface area contributed by atoms with E-state index >= 15 is 0 Å². The number of aromatic nitrogens is 4. The summed E-state index contributed by atoms with van der Waals surface area (Å²) in [5.41, 5.74) is 2.39. The van der Waals surface area contributed by atoms with E-state index in [9.17, 15) is 9.59 Å². The zero-order valence-corrected chi connectivity index (χ0v) is 17.2. The lowest BCUT2D eigenvalue weighted by molar-refractivity contribution is 0.0999. The van der Waals surface area contributed by atoms with E-state index in [1.807, 2.05) is 54.3 Å². The Morgan fingerprint density at radius 1 is 1.06 bits per heavy atom. The van der Waals surface area contributed by atoms with Gasteiger partial charge in [-0.15, -0.1) is 0 Å². The maximum absolute atomic E-state index is 13.1. The molecule has 7 heteroatoms. The second-order valence-electron chi connectivity index (χ2n) is 7.55. The van der Waals surface area contributed by atoms with Gasteiger partial charge >= 0.3 is 0 Å². The van der Waals surface area contributed by atoms with Crippen LogP contribution in [0.25, 0.3) is 22.2 Å². The van der Waals surface area contributed by atoms with Crippen molar-refractivity contribution < 1.29 is 4.79 Å². The third kappa shape index (κ3) is 3.38. The van der Waals surface area contributed by atoms with E-state index in [1.165, 1.54) is 6.33 Å². The summed E-state index contributed by atoms with van der Waals surface area (Å²) >= 11 is 0. The van der Waals surface area contributed by atoms with Gasteiger partial charge in [0.15, 0.2) is 5.78 Å². The molecule has 5 rings (SSSR count). The van der Waals surface area contributed by atoms with Crippen LogP contribution in [0.2, 0.25) is 0 Å². The van der Waals surface area contributed by atoms with Crippen LogP contribution in [0.5, 0.6) is 0 Å². The largest absolute Gasteiger partial charge is 0.333 e. The molecule has 0 bridgehead atoms. The minimum atomic E-state index is -0.0678. The molecule has 1 aliphatic rings. The number of carbonyl (C=O) groups is 1. The van der Waals surface area contributed by atoms with Crippen LogP contribution >= 0.6 is 0 Å². The molecular weight excluding hydrogens is 390 g/mol. The molecule has 0 N–H and O–H groups in total. The van der Waals surface area contributed by atoms with Gasteiger partial charge in [0.25, 0.3) is 5.56 Å². The zero-order valence-electron chi connectivity index (χ0n) is 17.2. The molecule has 7 nitrogen and oxygen atoms in total. The highest BCUT2D eigenvalue weighted by Crippen LogP contribution is 2.25. The smallest absolute Gasteiger partial charge is 0.258 e. The van der Waals surface area contributed by atoms with Crippen LogP contribution in [0.1, 0.15) is 22.8 Å². The fraction of sp³-hybridized carbons (Fsp3) is 0.208. The summed E-state index contributed by atoms with van der Waals surface area (Å²) in [6, 6.07) is 15.4. The standard InChI is InChI=1S/C24H21N5O2/c1-2-19-22(20-9-10-25-15-26-20)27-24-28(11-12-29(24)23(19)31)14-21(30)18-8-7-16-5-3-4-6-17(16)13-18/h3-10,13,15H,2,11-12,14H2,1H3. The monoisotopic (exact) mass is 411 g/mol. The minimum absolute atomic E-state index is 0.00314. The molecule has 2 aromatic heterocycles. The first kappa shape index (κ1) is 19.1. The number of rotatable bonds is 5. The molecule has 0 saturated heterocycles. The summed E-state index contributed by atoms with van der Waals surface area (Å²) in [6.07, 6.45) is 3.64. The van der Waals surface area contributed by atoms with Gasteiger partial charge in [0, 0.05) is 30.4 Å². The van der Waals surface area contributed by atoms with Crippen LogP contribution in [-0.4, -0.2) is 38.4 Å². The van der Waals surface area contributed by atoms with E-state index in [4.69, 9.17) is 4.98 Å². The second kappa shape index (κ2) is 7.75. The van der Waals surface area contributed by atoms with Crippen molar-refractivity contribution in [3.05, 3.63) is 82.5 Å². The molecule has 0 aliphatic carbocycles. The first-order valence-electron chi connectivity index (χ1n) is 10.3. The predicted octanol–water partition coefficient (Wildman–Crippen LogP) is 3.12. The summed E-state index contributed by atoms with van der Waals surface area (Å²) in [5.74, 6) is 0.515. The molecule has 0 radical (unpaired) electrons. The van der Waals surface area contributed by atoms with Crippen molar-refractivity contribution in [2.75, 3.05) is 18.0 Å². The first-order chi connectivity index (χ1) is 15.2. The van der Waals surface area contributed by atoms with Gasteiger partial charge in [0.1, 0.15) is 12.0 Å². The molecule has 4 aromatic rings. The lowest BCUT2D eigenvalue weighted by atomic mass is 10.0. The second-order valence-corrected chi connectivity index (χ2v) is 7.55. The van der Waals surface area contributed by atoms with Crippen molar-refractivity contribution in [2.24, 2.45) is 0 Å². The topological polar surface area (TPSA) is 81.0 Å². The minimum Gasteiger partial charge on any atom is -0.333 e. The summed E-state index contributed by atoms with van der Waals surface area (Å²) in [5, 5.41) is 2.13. The average molecular weight is 411 g/mol.